The molecule has 2 fully saturated rings. The second-order valence-electron chi connectivity index (χ2n) is 6.00. The fourth-order valence-corrected chi connectivity index (χ4v) is 2.57. The molecule has 7 heteroatoms. The van der Waals surface area contributed by atoms with E-state index in [9.17, 15) is 9.59 Å². The Kier molecular flexibility index (Phi) is 6.10. The van der Waals surface area contributed by atoms with E-state index in [-0.39, 0.29) is 13.1 Å². The second kappa shape index (κ2) is 7.84. The van der Waals surface area contributed by atoms with E-state index in [2.05, 4.69) is 23.9 Å². The van der Waals surface area contributed by atoms with Crippen molar-refractivity contribution in [2.24, 2.45) is 0 Å². The zero-order valence-corrected chi connectivity index (χ0v) is 13.1. The van der Waals surface area contributed by atoms with Crippen LogP contribution in [0.1, 0.15) is 0 Å². The van der Waals surface area contributed by atoms with E-state index in [1.165, 1.54) is 0 Å². The van der Waals surface area contributed by atoms with Gasteiger partial charge >= 0.3 is 11.9 Å². The summed E-state index contributed by atoms with van der Waals surface area (Å²) in [4.78, 5) is 32.1. The molecule has 7 nitrogen and oxygen atoms in total. The predicted octanol–water partition coefficient (Wildman–Crippen LogP) is -1.45. The third-order valence-corrected chi connectivity index (χ3v) is 4.12. The molecule has 0 unspecified atom stereocenters. The highest BCUT2D eigenvalue weighted by atomic mass is 16.6. The van der Waals surface area contributed by atoms with Crippen molar-refractivity contribution in [2.45, 2.75) is 0 Å². The molecule has 0 bridgehead atoms. The average Bonchev–Trinajstić information content (AvgIpc) is 2.44. The molecule has 2 aliphatic rings. The van der Waals surface area contributed by atoms with Gasteiger partial charge in [-0.3, -0.25) is 19.4 Å². The molecule has 0 saturated carbocycles. The minimum atomic E-state index is -0.432. The van der Waals surface area contributed by atoms with Crippen LogP contribution in [0.25, 0.3) is 0 Å². The van der Waals surface area contributed by atoms with Gasteiger partial charge in [-0.05, 0) is 14.1 Å². The minimum absolute atomic E-state index is 0.211. The third-order valence-electron chi connectivity index (χ3n) is 4.12. The summed E-state index contributed by atoms with van der Waals surface area (Å²) in [6.07, 6.45) is 0. The number of ether oxygens (including phenoxy) is 1. The van der Waals surface area contributed by atoms with Crippen molar-refractivity contribution >= 4 is 11.9 Å². The van der Waals surface area contributed by atoms with Gasteiger partial charge in [-0.15, -0.1) is 0 Å². The van der Waals surface area contributed by atoms with Crippen LogP contribution >= 0.6 is 0 Å². The van der Waals surface area contributed by atoms with Gasteiger partial charge in [-0.25, -0.2) is 0 Å². The number of piperazine rings is 2. The van der Waals surface area contributed by atoms with Crippen LogP contribution in [0.2, 0.25) is 0 Å². The van der Waals surface area contributed by atoms with Crippen molar-refractivity contribution in [3.05, 3.63) is 0 Å². The van der Waals surface area contributed by atoms with Crippen LogP contribution in [0, 0.1) is 0 Å². The highest BCUT2D eigenvalue weighted by Gasteiger charge is 2.21. The van der Waals surface area contributed by atoms with Gasteiger partial charge in [-0.1, -0.05) is 0 Å². The standard InChI is InChI=1S/C14H26N4O3/c1-15-3-7-17(8-4-15)11-13(19)21-14(20)12-18-9-5-16(2)6-10-18/h3-12H2,1-2H3. The molecule has 2 heterocycles. The first-order chi connectivity index (χ1) is 10.0. The molecule has 120 valence electrons. The van der Waals surface area contributed by atoms with Crippen molar-refractivity contribution in [3.8, 4) is 0 Å². The molecule has 2 aliphatic heterocycles. The van der Waals surface area contributed by atoms with Crippen molar-refractivity contribution in [2.75, 3.05) is 79.5 Å². The maximum absolute atomic E-state index is 11.8. The monoisotopic (exact) mass is 298 g/mol. The quantitative estimate of drug-likeness (QED) is 0.465. The van der Waals surface area contributed by atoms with Crippen LogP contribution in [-0.4, -0.2) is 111 Å². The summed E-state index contributed by atoms with van der Waals surface area (Å²) in [7, 11) is 4.13. The van der Waals surface area contributed by atoms with Crippen molar-refractivity contribution in [1.29, 1.82) is 0 Å². The Morgan fingerprint density at radius 1 is 0.714 bits per heavy atom. The Morgan fingerprint density at radius 2 is 1.05 bits per heavy atom. The van der Waals surface area contributed by atoms with Gasteiger partial charge < -0.3 is 14.5 Å². The van der Waals surface area contributed by atoms with Crippen LogP contribution < -0.4 is 0 Å². The summed E-state index contributed by atoms with van der Waals surface area (Å²) in [6, 6.07) is 0. The molecule has 0 atom stereocenters. The summed E-state index contributed by atoms with van der Waals surface area (Å²) < 4.78 is 4.92. The van der Waals surface area contributed by atoms with Gasteiger partial charge in [0, 0.05) is 52.4 Å². The van der Waals surface area contributed by atoms with E-state index in [1.807, 2.05) is 9.80 Å². The lowest BCUT2D eigenvalue weighted by Crippen LogP contribution is -2.48. The van der Waals surface area contributed by atoms with Crippen LogP contribution in [0.3, 0.4) is 0 Å². The van der Waals surface area contributed by atoms with Crippen molar-refractivity contribution in [1.82, 2.24) is 19.6 Å². The summed E-state index contributed by atoms with van der Waals surface area (Å²) in [6.45, 7) is 7.59. The van der Waals surface area contributed by atoms with E-state index in [1.54, 1.807) is 0 Å². The maximum Gasteiger partial charge on any atom is 0.327 e. The molecule has 0 aromatic rings. The van der Waals surface area contributed by atoms with E-state index in [0.29, 0.717) is 0 Å². The Bertz CT molecular complexity index is 327. The largest absolute Gasteiger partial charge is 0.391 e. The number of likely N-dealkylation sites (N-methyl/N-ethyl adjacent to an activating group) is 2. The Labute approximate surface area is 126 Å². The zero-order chi connectivity index (χ0) is 15.2. The maximum atomic E-state index is 11.8. The van der Waals surface area contributed by atoms with Gasteiger partial charge in [0.1, 0.15) is 0 Å². The van der Waals surface area contributed by atoms with Crippen LogP contribution in [0.5, 0.6) is 0 Å². The van der Waals surface area contributed by atoms with Gasteiger partial charge in [-0.2, -0.15) is 0 Å². The number of esters is 2. The average molecular weight is 298 g/mol. The summed E-state index contributed by atoms with van der Waals surface area (Å²) >= 11 is 0. The molecule has 0 radical (unpaired) electrons. The molecule has 2 rings (SSSR count). The molecule has 0 spiro atoms. The molecule has 0 N–H and O–H groups in total. The van der Waals surface area contributed by atoms with E-state index < -0.39 is 11.9 Å². The molecule has 0 aromatic heterocycles. The first-order valence-electron chi connectivity index (χ1n) is 7.58. The van der Waals surface area contributed by atoms with E-state index in [4.69, 9.17) is 4.74 Å². The highest BCUT2D eigenvalue weighted by molar-refractivity contribution is 5.87. The van der Waals surface area contributed by atoms with E-state index in [0.717, 1.165) is 52.4 Å². The number of nitrogens with zero attached hydrogens (tertiary/aromatic N) is 4. The lowest BCUT2D eigenvalue weighted by atomic mass is 10.3. The predicted molar refractivity (Wildman–Crippen MR) is 79.0 cm³/mol. The van der Waals surface area contributed by atoms with Gasteiger partial charge in [0.25, 0.3) is 0 Å². The minimum Gasteiger partial charge on any atom is -0.391 e. The molecular formula is C14H26N4O3. The molecule has 2 saturated heterocycles. The Balaban J connectivity index is 1.64. The summed E-state index contributed by atoms with van der Waals surface area (Å²) in [5.41, 5.74) is 0. The Morgan fingerprint density at radius 3 is 1.38 bits per heavy atom. The van der Waals surface area contributed by atoms with Crippen LogP contribution in [-0.2, 0) is 14.3 Å². The lowest BCUT2D eigenvalue weighted by Gasteiger charge is -2.32. The second-order valence-corrected chi connectivity index (χ2v) is 6.00. The topological polar surface area (TPSA) is 56.3 Å². The first kappa shape index (κ1) is 16.4. The first-order valence-corrected chi connectivity index (χ1v) is 7.58. The normalized spacial score (nSPS) is 23.1. The SMILES string of the molecule is CN1CCN(CC(=O)OC(=O)CN2CCN(C)CC2)CC1. The number of carbonyl (C=O) groups is 2. The van der Waals surface area contributed by atoms with Gasteiger partial charge in [0.05, 0.1) is 13.1 Å². The fourth-order valence-electron chi connectivity index (χ4n) is 2.57. The van der Waals surface area contributed by atoms with Gasteiger partial charge in [0.15, 0.2) is 0 Å². The van der Waals surface area contributed by atoms with Crippen molar-refractivity contribution in [3.63, 3.8) is 0 Å². The van der Waals surface area contributed by atoms with Crippen LogP contribution in [0.15, 0.2) is 0 Å². The molecule has 21 heavy (non-hydrogen) atoms. The number of hydrogen-bond donors (Lipinski definition) is 0. The zero-order valence-electron chi connectivity index (χ0n) is 13.1. The molecular weight excluding hydrogens is 272 g/mol. The van der Waals surface area contributed by atoms with Crippen LogP contribution in [0.4, 0.5) is 0 Å². The van der Waals surface area contributed by atoms with Gasteiger partial charge in [0.2, 0.25) is 0 Å². The smallest absolute Gasteiger partial charge is 0.327 e. The molecule has 0 aliphatic carbocycles. The van der Waals surface area contributed by atoms with Crippen molar-refractivity contribution < 1.29 is 14.3 Å². The third kappa shape index (κ3) is 5.70. The lowest BCUT2D eigenvalue weighted by molar-refractivity contribution is -0.161. The molecule has 0 aromatic carbocycles. The Hall–Kier alpha value is -1.02. The highest BCUT2D eigenvalue weighted by Crippen LogP contribution is 2.01. The molecule has 0 amide bonds. The fraction of sp³-hybridized carbons (Fsp3) is 0.857. The summed E-state index contributed by atoms with van der Waals surface area (Å²) in [5.74, 6) is -0.864. The van der Waals surface area contributed by atoms with E-state index >= 15 is 0 Å². The summed E-state index contributed by atoms with van der Waals surface area (Å²) in [5, 5.41) is 0. The number of carbonyl (C=O) groups excluding carboxylic acids is 2. The number of hydrogen-bond acceptors (Lipinski definition) is 7. The number of rotatable bonds is 4.